The molecule has 10 nitrogen and oxygen atoms in total. The Hall–Kier alpha value is -5.00. The van der Waals surface area contributed by atoms with Crippen LogP contribution in [0, 0.1) is 0 Å². The minimum absolute atomic E-state index is 0.00796. The lowest BCUT2D eigenvalue weighted by Gasteiger charge is -2.26. The lowest BCUT2D eigenvalue weighted by Crippen LogP contribution is -2.42. The Morgan fingerprint density at radius 2 is 1.67 bits per heavy atom. The average molecular weight is 668 g/mol. The number of ether oxygens (including phenoxy) is 4. The summed E-state index contributed by atoms with van der Waals surface area (Å²) < 4.78 is 24.5. The van der Waals surface area contributed by atoms with E-state index in [4.69, 9.17) is 23.9 Å². The van der Waals surface area contributed by atoms with Crippen molar-refractivity contribution in [2.24, 2.45) is 4.99 Å². The second-order valence-corrected chi connectivity index (χ2v) is 12.5. The number of hydrogen-bond acceptors (Lipinski definition) is 9. The van der Waals surface area contributed by atoms with E-state index in [1.165, 1.54) is 11.3 Å². The van der Waals surface area contributed by atoms with Crippen molar-refractivity contribution in [3.63, 3.8) is 0 Å². The molecule has 2 aliphatic heterocycles. The summed E-state index contributed by atoms with van der Waals surface area (Å²) in [6.45, 7) is 7.95. The van der Waals surface area contributed by atoms with Crippen LogP contribution in [-0.2, 0) is 19.1 Å². The highest BCUT2D eigenvalue weighted by Gasteiger charge is 2.35. The molecule has 6 rings (SSSR count). The van der Waals surface area contributed by atoms with Crippen LogP contribution in [0.5, 0.6) is 11.5 Å². The number of benzene rings is 3. The lowest BCUT2D eigenvalue weighted by atomic mass is 9.93. The fourth-order valence-electron chi connectivity index (χ4n) is 5.62. The van der Waals surface area contributed by atoms with Gasteiger partial charge in [0.05, 0.1) is 47.8 Å². The molecule has 1 atom stereocenters. The summed E-state index contributed by atoms with van der Waals surface area (Å²) in [6, 6.07) is 23.3. The summed E-state index contributed by atoms with van der Waals surface area (Å²) >= 11 is 1.25. The first kappa shape index (κ1) is 32.9. The van der Waals surface area contributed by atoms with Gasteiger partial charge in [-0.1, -0.05) is 65.9 Å². The molecule has 0 unspecified atom stereocenters. The monoisotopic (exact) mass is 667 g/mol. The van der Waals surface area contributed by atoms with Crippen LogP contribution in [0.2, 0.25) is 0 Å². The molecule has 48 heavy (non-hydrogen) atoms. The van der Waals surface area contributed by atoms with E-state index in [1.807, 2.05) is 80.6 Å². The molecule has 1 aromatic heterocycles. The maximum Gasteiger partial charge on any atom is 0.338 e. The number of esters is 1. The summed E-state index contributed by atoms with van der Waals surface area (Å²) in [5, 5.41) is 0. The van der Waals surface area contributed by atoms with Crippen LogP contribution in [0.3, 0.4) is 0 Å². The predicted molar refractivity (Wildman–Crippen MR) is 183 cm³/mol. The molecule has 11 heteroatoms. The zero-order valence-corrected chi connectivity index (χ0v) is 27.9. The third kappa shape index (κ3) is 7.27. The Bertz CT molecular complexity index is 1980. The molecule has 0 aliphatic carbocycles. The number of amides is 1. The number of thiazole rings is 1. The van der Waals surface area contributed by atoms with Crippen molar-refractivity contribution >= 4 is 35.0 Å². The van der Waals surface area contributed by atoms with E-state index in [0.29, 0.717) is 52.8 Å². The highest BCUT2D eigenvalue weighted by atomic mass is 32.1. The Kier molecular flexibility index (Phi) is 10.2. The first-order valence-corrected chi connectivity index (χ1v) is 16.8. The molecule has 3 heterocycles. The van der Waals surface area contributed by atoms with Gasteiger partial charge in [0.15, 0.2) is 11.4 Å². The third-order valence-corrected chi connectivity index (χ3v) is 8.83. The van der Waals surface area contributed by atoms with Crippen LogP contribution in [0.4, 0.5) is 0 Å². The fraction of sp³-hybridized carbons (Fsp3) is 0.297. The van der Waals surface area contributed by atoms with Gasteiger partial charge in [-0.25, -0.2) is 9.79 Å². The minimum atomic E-state index is -0.787. The molecule has 4 aromatic rings. The number of aromatic nitrogens is 1. The third-order valence-electron chi connectivity index (χ3n) is 7.85. The molecule has 1 fully saturated rings. The van der Waals surface area contributed by atoms with E-state index >= 15 is 0 Å². The van der Waals surface area contributed by atoms with Gasteiger partial charge >= 0.3 is 5.97 Å². The van der Waals surface area contributed by atoms with Crippen molar-refractivity contribution in [1.29, 1.82) is 0 Å². The van der Waals surface area contributed by atoms with Crippen molar-refractivity contribution in [3.05, 3.63) is 121 Å². The summed E-state index contributed by atoms with van der Waals surface area (Å²) in [4.78, 5) is 47.4. The van der Waals surface area contributed by atoms with Crippen molar-refractivity contribution in [3.8, 4) is 11.5 Å². The number of carbonyl (C=O) groups is 2. The molecule has 0 N–H and O–H groups in total. The fourth-order valence-corrected chi connectivity index (χ4v) is 6.62. The Morgan fingerprint density at radius 1 is 0.979 bits per heavy atom. The topological polar surface area (TPSA) is 109 Å². The Balaban J connectivity index is 1.38. The highest BCUT2D eigenvalue weighted by Crippen LogP contribution is 2.35. The van der Waals surface area contributed by atoms with Crippen LogP contribution >= 0.6 is 11.3 Å². The van der Waals surface area contributed by atoms with Gasteiger partial charge in [0, 0.05) is 18.7 Å². The summed E-state index contributed by atoms with van der Waals surface area (Å²) in [5.41, 5.74) is 2.70. The molecule has 1 amide bonds. The number of morpholine rings is 1. The summed E-state index contributed by atoms with van der Waals surface area (Å²) in [7, 11) is 0. The molecule has 2 aliphatic rings. The normalized spacial score (nSPS) is 16.4. The van der Waals surface area contributed by atoms with Gasteiger partial charge < -0.3 is 23.8 Å². The van der Waals surface area contributed by atoms with Crippen LogP contribution in [-0.4, -0.2) is 67.0 Å². The number of carbonyl (C=O) groups excluding carboxylic acids is 2. The van der Waals surface area contributed by atoms with Crippen molar-refractivity contribution < 1.29 is 28.5 Å². The number of rotatable bonds is 10. The van der Waals surface area contributed by atoms with Crippen molar-refractivity contribution in [2.45, 2.75) is 32.9 Å². The maximum absolute atomic E-state index is 14.2. The van der Waals surface area contributed by atoms with Crippen LogP contribution in [0.15, 0.2) is 94.2 Å². The number of fused-ring (bicyclic) bond motifs is 1. The van der Waals surface area contributed by atoms with Gasteiger partial charge in [0.1, 0.15) is 11.5 Å². The Morgan fingerprint density at radius 3 is 2.33 bits per heavy atom. The van der Waals surface area contributed by atoms with Gasteiger partial charge in [-0.05, 0) is 62.2 Å². The molecule has 0 spiro atoms. The van der Waals surface area contributed by atoms with E-state index in [0.717, 1.165) is 16.7 Å². The van der Waals surface area contributed by atoms with Crippen LogP contribution < -0.4 is 24.4 Å². The molecular weight excluding hydrogens is 630 g/mol. The zero-order chi connectivity index (χ0) is 33.6. The maximum atomic E-state index is 14.2. The molecule has 0 saturated carbocycles. The molecule has 248 valence electrons. The van der Waals surface area contributed by atoms with E-state index in [9.17, 15) is 14.4 Å². The number of nitrogens with zero attached hydrogens (tertiary/aromatic N) is 3. The smallest absolute Gasteiger partial charge is 0.338 e. The van der Waals surface area contributed by atoms with Crippen LogP contribution in [0.25, 0.3) is 11.8 Å². The summed E-state index contributed by atoms with van der Waals surface area (Å²) in [5.74, 6) is 0.609. The largest absolute Gasteiger partial charge is 0.491 e. The second-order valence-electron chi connectivity index (χ2n) is 11.5. The number of hydrogen-bond donors (Lipinski definition) is 0. The van der Waals surface area contributed by atoms with E-state index in [1.54, 1.807) is 34.6 Å². The highest BCUT2D eigenvalue weighted by molar-refractivity contribution is 7.07. The van der Waals surface area contributed by atoms with E-state index in [-0.39, 0.29) is 36.4 Å². The SMILES string of the molecule is CCOC(=O)C1=C(c2ccccc2)N=c2s/c(=C\c3ccc(OCC(=O)N4CCOCC4)cc3)c(=O)n2[C@@H]1c1ccc(OC(C)C)cc1. The van der Waals surface area contributed by atoms with Gasteiger partial charge in [-0.15, -0.1) is 0 Å². The lowest BCUT2D eigenvalue weighted by molar-refractivity contribution is -0.139. The zero-order valence-electron chi connectivity index (χ0n) is 27.1. The first-order chi connectivity index (χ1) is 23.3. The van der Waals surface area contributed by atoms with Gasteiger partial charge in [0.25, 0.3) is 11.5 Å². The molecule has 3 aromatic carbocycles. The predicted octanol–water partition coefficient (Wildman–Crippen LogP) is 3.96. The standard InChI is InChI=1S/C37H37N3O7S/c1-4-45-36(43)32-33(26-8-6-5-7-9-26)38-37-40(34(32)27-12-16-29(17-13-27)47-24(2)3)35(42)30(48-37)22-25-10-14-28(15-11-25)46-23-31(41)39-18-20-44-21-19-39/h5-17,22,24,34H,4,18-21,23H2,1-3H3/b30-22-/t34-/m1/s1. The van der Waals surface area contributed by atoms with Crippen molar-refractivity contribution in [2.75, 3.05) is 39.5 Å². The van der Waals surface area contributed by atoms with Gasteiger partial charge in [-0.3, -0.25) is 14.2 Å². The van der Waals surface area contributed by atoms with Gasteiger partial charge in [-0.2, -0.15) is 0 Å². The van der Waals surface area contributed by atoms with E-state index < -0.39 is 12.0 Å². The van der Waals surface area contributed by atoms with Gasteiger partial charge in [0.2, 0.25) is 0 Å². The quantitative estimate of drug-likeness (QED) is 0.236. The molecule has 0 radical (unpaired) electrons. The average Bonchev–Trinajstić information content (AvgIpc) is 3.42. The van der Waals surface area contributed by atoms with Crippen LogP contribution in [0.1, 0.15) is 43.5 Å². The summed E-state index contributed by atoms with van der Waals surface area (Å²) in [6.07, 6.45) is 1.78. The second kappa shape index (κ2) is 14.8. The molecule has 0 bridgehead atoms. The molecule has 1 saturated heterocycles. The van der Waals surface area contributed by atoms with Crippen molar-refractivity contribution in [1.82, 2.24) is 9.47 Å². The molecular formula is C37H37N3O7S. The Labute approximate surface area is 282 Å². The first-order valence-electron chi connectivity index (χ1n) is 16.0. The minimum Gasteiger partial charge on any atom is -0.491 e. The van der Waals surface area contributed by atoms with E-state index in [2.05, 4.69) is 0 Å².